The molecular weight excluding hydrogens is 320 g/mol. The van der Waals surface area contributed by atoms with Gasteiger partial charge in [-0.3, -0.25) is 4.57 Å². The van der Waals surface area contributed by atoms with Crippen LogP contribution >= 0.6 is 11.8 Å². The Hall–Kier alpha value is -1.82. The summed E-state index contributed by atoms with van der Waals surface area (Å²) in [4.78, 5) is 4.67. The SMILES string of the molecule is CCCCCCCCOc1ccc2c(c1)CSC(n1cnnc1)=N2. The van der Waals surface area contributed by atoms with Crippen molar-refractivity contribution in [1.82, 2.24) is 14.8 Å². The lowest BCUT2D eigenvalue weighted by Crippen LogP contribution is -2.09. The highest BCUT2D eigenvalue weighted by Crippen LogP contribution is 2.34. The van der Waals surface area contributed by atoms with Crippen molar-refractivity contribution < 1.29 is 4.74 Å². The number of fused-ring (bicyclic) bond motifs is 1. The van der Waals surface area contributed by atoms with Crippen molar-refractivity contribution in [1.29, 1.82) is 0 Å². The monoisotopic (exact) mass is 344 g/mol. The molecule has 0 saturated heterocycles. The number of thioether (sulfide) groups is 1. The molecule has 0 fully saturated rings. The van der Waals surface area contributed by atoms with Gasteiger partial charge in [-0.05, 0) is 30.2 Å². The summed E-state index contributed by atoms with van der Waals surface area (Å²) in [6, 6.07) is 6.17. The molecule has 24 heavy (non-hydrogen) atoms. The molecule has 1 aromatic heterocycles. The molecule has 0 bridgehead atoms. The summed E-state index contributed by atoms with van der Waals surface area (Å²) in [6.07, 6.45) is 11.0. The van der Waals surface area contributed by atoms with Crippen LogP contribution in [-0.4, -0.2) is 26.5 Å². The molecule has 1 aromatic carbocycles. The lowest BCUT2D eigenvalue weighted by atomic mass is 10.1. The van der Waals surface area contributed by atoms with Gasteiger partial charge in [0.15, 0.2) is 5.17 Å². The van der Waals surface area contributed by atoms with E-state index in [9.17, 15) is 0 Å². The van der Waals surface area contributed by atoms with Crippen molar-refractivity contribution in [2.75, 3.05) is 6.61 Å². The third-order valence-electron chi connectivity index (χ3n) is 4.03. The van der Waals surface area contributed by atoms with Crippen LogP contribution in [0.3, 0.4) is 0 Å². The van der Waals surface area contributed by atoms with Crippen molar-refractivity contribution in [3.05, 3.63) is 36.4 Å². The van der Waals surface area contributed by atoms with Crippen LogP contribution in [0.1, 0.15) is 51.0 Å². The van der Waals surface area contributed by atoms with Crippen LogP contribution in [0.15, 0.2) is 35.8 Å². The molecule has 0 saturated carbocycles. The first-order valence-electron chi connectivity index (χ1n) is 8.69. The molecule has 0 unspecified atom stereocenters. The minimum absolute atomic E-state index is 0.799. The van der Waals surface area contributed by atoms with Gasteiger partial charge in [0, 0.05) is 5.75 Å². The first-order chi connectivity index (χ1) is 11.9. The predicted molar refractivity (Wildman–Crippen MR) is 99.1 cm³/mol. The zero-order valence-electron chi connectivity index (χ0n) is 14.1. The van der Waals surface area contributed by atoms with E-state index in [-0.39, 0.29) is 0 Å². The Balaban J connectivity index is 1.50. The minimum atomic E-state index is 0.799. The molecule has 2 heterocycles. The molecule has 0 radical (unpaired) electrons. The van der Waals surface area contributed by atoms with Crippen molar-refractivity contribution in [2.45, 2.75) is 51.2 Å². The predicted octanol–water partition coefficient (Wildman–Crippen LogP) is 4.80. The smallest absolute Gasteiger partial charge is 0.175 e. The van der Waals surface area contributed by atoms with E-state index < -0.39 is 0 Å². The van der Waals surface area contributed by atoms with Crippen molar-refractivity contribution in [2.24, 2.45) is 4.99 Å². The molecular formula is C18H24N4OS. The van der Waals surface area contributed by atoms with Gasteiger partial charge in [-0.1, -0.05) is 50.8 Å². The van der Waals surface area contributed by atoms with E-state index in [4.69, 9.17) is 4.74 Å². The second-order valence-electron chi connectivity index (χ2n) is 5.96. The van der Waals surface area contributed by atoms with E-state index in [1.165, 1.54) is 37.7 Å². The third-order valence-corrected chi connectivity index (χ3v) is 5.05. The van der Waals surface area contributed by atoms with Crippen LogP contribution < -0.4 is 4.74 Å². The zero-order valence-corrected chi connectivity index (χ0v) is 15.0. The number of benzene rings is 1. The van der Waals surface area contributed by atoms with E-state index in [0.29, 0.717) is 0 Å². The number of nitrogens with zero attached hydrogens (tertiary/aromatic N) is 4. The van der Waals surface area contributed by atoms with Gasteiger partial charge in [0.2, 0.25) is 0 Å². The number of rotatable bonds is 8. The fourth-order valence-corrected chi connectivity index (χ4v) is 3.58. The van der Waals surface area contributed by atoms with Gasteiger partial charge in [-0.2, -0.15) is 0 Å². The first kappa shape index (κ1) is 17.0. The third kappa shape index (κ3) is 4.60. The van der Waals surface area contributed by atoms with Gasteiger partial charge >= 0.3 is 0 Å². The normalized spacial score (nSPS) is 13.5. The number of aromatic nitrogens is 3. The molecule has 128 valence electrons. The zero-order chi connectivity index (χ0) is 16.6. The summed E-state index contributed by atoms with van der Waals surface area (Å²) in [5.74, 6) is 1.84. The van der Waals surface area contributed by atoms with Crippen LogP contribution in [0.4, 0.5) is 5.69 Å². The number of hydrogen-bond acceptors (Lipinski definition) is 5. The number of aliphatic imine (C=N–C) groups is 1. The number of ether oxygens (including phenoxy) is 1. The molecule has 1 aliphatic rings. The van der Waals surface area contributed by atoms with E-state index >= 15 is 0 Å². The first-order valence-corrected chi connectivity index (χ1v) is 9.67. The van der Waals surface area contributed by atoms with E-state index in [0.717, 1.165) is 35.4 Å². The summed E-state index contributed by atoms with van der Waals surface area (Å²) in [6.45, 7) is 3.05. The lowest BCUT2D eigenvalue weighted by molar-refractivity contribution is 0.304. The molecule has 0 N–H and O–H groups in total. The molecule has 0 atom stereocenters. The van der Waals surface area contributed by atoms with E-state index in [1.54, 1.807) is 24.4 Å². The van der Waals surface area contributed by atoms with Crippen molar-refractivity contribution in [3.63, 3.8) is 0 Å². The Morgan fingerprint density at radius 2 is 1.88 bits per heavy atom. The number of unbranched alkanes of at least 4 members (excludes halogenated alkanes) is 5. The topological polar surface area (TPSA) is 52.3 Å². The van der Waals surface area contributed by atoms with E-state index in [1.807, 2.05) is 16.7 Å². The van der Waals surface area contributed by atoms with Crippen LogP contribution in [0.2, 0.25) is 0 Å². The summed E-state index contributed by atoms with van der Waals surface area (Å²) in [5.41, 5.74) is 2.22. The van der Waals surface area contributed by atoms with Gasteiger partial charge in [0.25, 0.3) is 0 Å². The molecule has 3 rings (SSSR count). The molecule has 2 aromatic rings. The Morgan fingerprint density at radius 1 is 1.08 bits per heavy atom. The van der Waals surface area contributed by atoms with E-state index in [2.05, 4.69) is 28.2 Å². The average Bonchev–Trinajstić information content (AvgIpc) is 3.15. The van der Waals surface area contributed by atoms with Gasteiger partial charge in [-0.15, -0.1) is 10.2 Å². The maximum atomic E-state index is 5.89. The average molecular weight is 344 g/mol. The summed E-state index contributed by atoms with van der Waals surface area (Å²) in [7, 11) is 0. The van der Waals surface area contributed by atoms with Crippen LogP contribution in [0.25, 0.3) is 0 Å². The molecule has 1 aliphatic heterocycles. The molecule has 6 heteroatoms. The Kier molecular flexibility index (Phi) is 6.29. The quantitative estimate of drug-likeness (QED) is 0.645. The summed E-state index contributed by atoms with van der Waals surface area (Å²) < 4.78 is 7.74. The van der Waals surface area contributed by atoms with Crippen LogP contribution in [0.5, 0.6) is 5.75 Å². The largest absolute Gasteiger partial charge is 0.494 e. The highest BCUT2D eigenvalue weighted by atomic mass is 32.2. The maximum absolute atomic E-state index is 5.89. The number of hydrogen-bond donors (Lipinski definition) is 0. The Morgan fingerprint density at radius 3 is 2.71 bits per heavy atom. The van der Waals surface area contributed by atoms with Crippen LogP contribution in [-0.2, 0) is 5.75 Å². The minimum Gasteiger partial charge on any atom is -0.494 e. The fraction of sp³-hybridized carbons (Fsp3) is 0.500. The lowest BCUT2D eigenvalue weighted by Gasteiger charge is -2.16. The highest BCUT2D eigenvalue weighted by Gasteiger charge is 2.15. The molecule has 5 nitrogen and oxygen atoms in total. The second-order valence-corrected chi connectivity index (χ2v) is 6.90. The van der Waals surface area contributed by atoms with Crippen LogP contribution in [0, 0.1) is 0 Å². The van der Waals surface area contributed by atoms with Gasteiger partial charge in [0.1, 0.15) is 18.4 Å². The van der Waals surface area contributed by atoms with Gasteiger partial charge in [-0.25, -0.2) is 4.99 Å². The summed E-state index contributed by atoms with van der Waals surface area (Å²) >= 11 is 1.69. The fourth-order valence-electron chi connectivity index (χ4n) is 2.66. The molecule has 0 aliphatic carbocycles. The van der Waals surface area contributed by atoms with Gasteiger partial charge < -0.3 is 4.74 Å². The Labute approximate surface area is 147 Å². The van der Waals surface area contributed by atoms with Crippen molar-refractivity contribution >= 4 is 22.6 Å². The second kappa shape index (κ2) is 8.87. The maximum Gasteiger partial charge on any atom is 0.175 e. The molecule has 0 amide bonds. The summed E-state index contributed by atoms with van der Waals surface area (Å²) in [5, 5.41) is 8.57. The highest BCUT2D eigenvalue weighted by molar-refractivity contribution is 8.13. The van der Waals surface area contributed by atoms with Gasteiger partial charge in [0.05, 0.1) is 12.3 Å². The van der Waals surface area contributed by atoms with Crippen molar-refractivity contribution in [3.8, 4) is 5.75 Å². The molecule has 0 spiro atoms. The standard InChI is InChI=1S/C18H24N4OS/c1-2-3-4-5-6-7-10-23-16-8-9-17-15(11-16)12-24-18(21-17)22-13-19-20-14-22/h8-9,11,13-14H,2-7,10,12H2,1H3. The Bertz CT molecular complexity index is 670.